The molecule has 0 aliphatic heterocycles. The Hall–Kier alpha value is -1.63. The van der Waals surface area contributed by atoms with E-state index in [0.717, 1.165) is 18.4 Å². The Balaban J connectivity index is 2.42. The molecule has 1 heteroatoms. The lowest BCUT2D eigenvalue weighted by molar-refractivity contribution is 0.628. The zero-order chi connectivity index (χ0) is 11.4. The van der Waals surface area contributed by atoms with Gasteiger partial charge in [-0.15, -0.1) is 0 Å². The van der Waals surface area contributed by atoms with Gasteiger partial charge in [-0.25, -0.2) is 4.39 Å². The highest BCUT2D eigenvalue weighted by molar-refractivity contribution is 5.67. The highest BCUT2D eigenvalue weighted by Crippen LogP contribution is 2.24. The van der Waals surface area contributed by atoms with Crippen molar-refractivity contribution < 1.29 is 4.39 Å². The molecule has 0 saturated heterocycles. The topological polar surface area (TPSA) is 0 Å². The molecule has 2 rings (SSSR count). The van der Waals surface area contributed by atoms with Crippen LogP contribution in [0, 0.1) is 5.82 Å². The van der Waals surface area contributed by atoms with Gasteiger partial charge < -0.3 is 0 Å². The first kappa shape index (κ1) is 10.9. The lowest BCUT2D eigenvalue weighted by atomic mass is 9.97. The smallest absolute Gasteiger partial charge is 0.123 e. The maximum Gasteiger partial charge on any atom is 0.123 e. The van der Waals surface area contributed by atoms with Gasteiger partial charge >= 0.3 is 0 Å². The van der Waals surface area contributed by atoms with Crippen molar-refractivity contribution in [2.75, 3.05) is 0 Å². The van der Waals surface area contributed by atoms with Crippen molar-refractivity contribution >= 4 is 0 Å². The Morgan fingerprint density at radius 3 is 2.31 bits per heavy atom. The number of aryl methyl sites for hydroxylation is 1. The molecular formula is C15H15F. The first-order chi connectivity index (χ1) is 7.81. The van der Waals surface area contributed by atoms with Crippen LogP contribution in [0.25, 0.3) is 11.1 Å². The van der Waals surface area contributed by atoms with Gasteiger partial charge in [0, 0.05) is 0 Å². The first-order valence-corrected chi connectivity index (χ1v) is 5.65. The van der Waals surface area contributed by atoms with E-state index in [2.05, 4.69) is 25.1 Å². The first-order valence-electron chi connectivity index (χ1n) is 5.65. The van der Waals surface area contributed by atoms with Crippen LogP contribution in [0.2, 0.25) is 0 Å². The van der Waals surface area contributed by atoms with Crippen molar-refractivity contribution in [2.24, 2.45) is 0 Å². The van der Waals surface area contributed by atoms with Crippen molar-refractivity contribution in [2.45, 2.75) is 19.8 Å². The molecule has 2 aromatic rings. The van der Waals surface area contributed by atoms with Crippen LogP contribution < -0.4 is 0 Å². The van der Waals surface area contributed by atoms with Crippen LogP contribution in [0.3, 0.4) is 0 Å². The maximum atomic E-state index is 12.9. The van der Waals surface area contributed by atoms with E-state index in [1.54, 1.807) is 0 Å². The fourth-order valence-electron chi connectivity index (χ4n) is 1.92. The number of rotatable bonds is 3. The van der Waals surface area contributed by atoms with Crippen molar-refractivity contribution in [1.82, 2.24) is 0 Å². The Labute approximate surface area is 95.7 Å². The van der Waals surface area contributed by atoms with Crippen LogP contribution in [-0.4, -0.2) is 0 Å². The number of hydrogen-bond acceptors (Lipinski definition) is 0. The molecular weight excluding hydrogens is 199 g/mol. The Morgan fingerprint density at radius 1 is 0.938 bits per heavy atom. The molecule has 0 radical (unpaired) electrons. The van der Waals surface area contributed by atoms with E-state index in [-0.39, 0.29) is 5.82 Å². The summed E-state index contributed by atoms with van der Waals surface area (Å²) in [4.78, 5) is 0. The van der Waals surface area contributed by atoms with E-state index in [0.29, 0.717) is 0 Å². The minimum Gasteiger partial charge on any atom is -0.207 e. The molecule has 0 spiro atoms. The molecule has 0 nitrogen and oxygen atoms in total. The van der Waals surface area contributed by atoms with Crippen molar-refractivity contribution in [3.8, 4) is 11.1 Å². The van der Waals surface area contributed by atoms with E-state index in [1.165, 1.54) is 23.3 Å². The second-order valence-corrected chi connectivity index (χ2v) is 3.91. The maximum absolute atomic E-state index is 12.9. The molecule has 0 N–H and O–H groups in total. The van der Waals surface area contributed by atoms with Crippen LogP contribution >= 0.6 is 0 Å². The SMILES string of the molecule is CCCc1ccccc1-c1ccc(F)cc1. The monoisotopic (exact) mass is 214 g/mol. The van der Waals surface area contributed by atoms with Crippen molar-refractivity contribution in [3.63, 3.8) is 0 Å². The molecule has 0 atom stereocenters. The number of halogens is 1. The highest BCUT2D eigenvalue weighted by Gasteiger charge is 2.03. The van der Waals surface area contributed by atoms with E-state index in [1.807, 2.05) is 18.2 Å². The predicted molar refractivity (Wildman–Crippen MR) is 65.8 cm³/mol. The average molecular weight is 214 g/mol. The quantitative estimate of drug-likeness (QED) is 0.708. The van der Waals surface area contributed by atoms with Gasteiger partial charge in [0.25, 0.3) is 0 Å². The minimum atomic E-state index is -0.184. The number of hydrogen-bond donors (Lipinski definition) is 0. The van der Waals surface area contributed by atoms with Crippen molar-refractivity contribution in [3.05, 3.63) is 59.9 Å². The summed E-state index contributed by atoms with van der Waals surface area (Å²) < 4.78 is 12.9. The third-order valence-electron chi connectivity index (χ3n) is 2.69. The van der Waals surface area contributed by atoms with Crippen LogP contribution in [0.5, 0.6) is 0 Å². The summed E-state index contributed by atoms with van der Waals surface area (Å²) in [7, 11) is 0. The van der Waals surface area contributed by atoms with Crippen LogP contribution in [0.4, 0.5) is 4.39 Å². The van der Waals surface area contributed by atoms with E-state index >= 15 is 0 Å². The fraction of sp³-hybridized carbons (Fsp3) is 0.200. The predicted octanol–water partition coefficient (Wildman–Crippen LogP) is 4.45. The molecule has 0 heterocycles. The second-order valence-electron chi connectivity index (χ2n) is 3.91. The Morgan fingerprint density at radius 2 is 1.62 bits per heavy atom. The molecule has 82 valence electrons. The largest absolute Gasteiger partial charge is 0.207 e. The molecule has 0 bridgehead atoms. The Kier molecular flexibility index (Phi) is 3.35. The van der Waals surface area contributed by atoms with Gasteiger partial charge in [0.1, 0.15) is 5.82 Å². The van der Waals surface area contributed by atoms with Gasteiger partial charge in [-0.3, -0.25) is 0 Å². The van der Waals surface area contributed by atoms with Crippen LogP contribution in [0.15, 0.2) is 48.5 Å². The summed E-state index contributed by atoms with van der Waals surface area (Å²) >= 11 is 0. The fourth-order valence-corrected chi connectivity index (χ4v) is 1.92. The summed E-state index contributed by atoms with van der Waals surface area (Å²) in [5.74, 6) is -0.184. The van der Waals surface area contributed by atoms with Gasteiger partial charge in [-0.2, -0.15) is 0 Å². The van der Waals surface area contributed by atoms with Crippen LogP contribution in [-0.2, 0) is 6.42 Å². The molecule has 0 aliphatic carbocycles. The molecule has 0 saturated carbocycles. The standard InChI is InChI=1S/C15H15F/c1-2-5-12-6-3-4-7-15(12)13-8-10-14(16)11-9-13/h3-4,6-11H,2,5H2,1H3. The van der Waals surface area contributed by atoms with E-state index in [9.17, 15) is 4.39 Å². The lowest BCUT2D eigenvalue weighted by Gasteiger charge is -2.08. The van der Waals surface area contributed by atoms with Crippen molar-refractivity contribution in [1.29, 1.82) is 0 Å². The third kappa shape index (κ3) is 2.30. The molecule has 0 aromatic heterocycles. The molecule has 0 amide bonds. The normalized spacial score (nSPS) is 10.4. The van der Waals surface area contributed by atoms with E-state index in [4.69, 9.17) is 0 Å². The molecule has 0 unspecified atom stereocenters. The zero-order valence-electron chi connectivity index (χ0n) is 9.41. The second kappa shape index (κ2) is 4.93. The van der Waals surface area contributed by atoms with E-state index < -0.39 is 0 Å². The lowest BCUT2D eigenvalue weighted by Crippen LogP contribution is -1.89. The third-order valence-corrected chi connectivity index (χ3v) is 2.69. The average Bonchev–Trinajstić information content (AvgIpc) is 2.32. The summed E-state index contributed by atoms with van der Waals surface area (Å²) in [6.45, 7) is 2.17. The summed E-state index contributed by atoms with van der Waals surface area (Å²) in [6.07, 6.45) is 2.19. The van der Waals surface area contributed by atoms with Gasteiger partial charge in [0.15, 0.2) is 0 Å². The summed E-state index contributed by atoms with van der Waals surface area (Å²) in [5, 5.41) is 0. The van der Waals surface area contributed by atoms with Crippen LogP contribution in [0.1, 0.15) is 18.9 Å². The van der Waals surface area contributed by atoms with Gasteiger partial charge in [0.2, 0.25) is 0 Å². The van der Waals surface area contributed by atoms with Gasteiger partial charge in [0.05, 0.1) is 0 Å². The molecule has 16 heavy (non-hydrogen) atoms. The molecule has 0 aliphatic rings. The molecule has 0 fully saturated rings. The summed E-state index contributed by atoms with van der Waals surface area (Å²) in [6, 6.07) is 15.0. The zero-order valence-corrected chi connectivity index (χ0v) is 9.41. The molecule has 2 aromatic carbocycles. The van der Waals surface area contributed by atoms with Gasteiger partial charge in [-0.05, 0) is 35.2 Å². The minimum absolute atomic E-state index is 0.184. The highest BCUT2D eigenvalue weighted by atomic mass is 19.1. The Bertz CT molecular complexity index is 457. The number of benzene rings is 2. The summed E-state index contributed by atoms with van der Waals surface area (Å²) in [5.41, 5.74) is 3.63. The van der Waals surface area contributed by atoms with Gasteiger partial charge in [-0.1, -0.05) is 49.7 Å².